The van der Waals surface area contributed by atoms with Gasteiger partial charge in [0.15, 0.2) is 0 Å². The molecule has 5 heteroatoms. The van der Waals surface area contributed by atoms with Crippen molar-refractivity contribution in [1.82, 2.24) is 19.9 Å². The number of H-pyrrole nitrogens is 1. The van der Waals surface area contributed by atoms with Gasteiger partial charge in [0.2, 0.25) is 0 Å². The van der Waals surface area contributed by atoms with E-state index in [2.05, 4.69) is 32.0 Å². The third-order valence-electron chi connectivity index (χ3n) is 4.28. The van der Waals surface area contributed by atoms with Gasteiger partial charge in [0.25, 0.3) is 0 Å². The molecule has 1 fully saturated rings. The van der Waals surface area contributed by atoms with Crippen molar-refractivity contribution in [3.05, 3.63) is 59.9 Å². The number of likely N-dealkylation sites (tertiary alicyclic amines) is 1. The number of halogens is 1. The van der Waals surface area contributed by atoms with Crippen LogP contribution in [0.5, 0.6) is 0 Å². The zero-order valence-corrected chi connectivity index (χ0v) is 12.2. The van der Waals surface area contributed by atoms with Crippen LogP contribution in [0.4, 0.5) is 4.39 Å². The summed E-state index contributed by atoms with van der Waals surface area (Å²) in [5, 5.41) is 0. The maximum atomic E-state index is 13.3. The van der Waals surface area contributed by atoms with Crippen molar-refractivity contribution in [2.75, 3.05) is 13.1 Å². The van der Waals surface area contributed by atoms with E-state index in [0.29, 0.717) is 5.92 Å². The molecule has 0 amide bonds. The van der Waals surface area contributed by atoms with Crippen molar-refractivity contribution in [1.29, 1.82) is 0 Å². The van der Waals surface area contributed by atoms with Crippen LogP contribution in [0.25, 0.3) is 11.0 Å². The average Bonchev–Trinajstić information content (AvgIpc) is 3.14. The first-order valence-electron chi connectivity index (χ1n) is 7.54. The molecular weight excluding hydrogens is 279 g/mol. The average molecular weight is 296 g/mol. The second kappa shape index (κ2) is 5.50. The smallest absolute Gasteiger partial charge is 0.125 e. The summed E-state index contributed by atoms with van der Waals surface area (Å²) in [5.74, 6) is 1.13. The summed E-state index contributed by atoms with van der Waals surface area (Å²) >= 11 is 0. The van der Waals surface area contributed by atoms with Crippen LogP contribution in [0.15, 0.2) is 42.7 Å². The number of aromatic nitrogens is 3. The van der Waals surface area contributed by atoms with Gasteiger partial charge in [0.1, 0.15) is 11.6 Å². The lowest BCUT2D eigenvalue weighted by molar-refractivity contribution is 0.326. The Bertz CT molecular complexity index is 784. The second-order valence-electron chi connectivity index (χ2n) is 5.86. The maximum Gasteiger partial charge on any atom is 0.125 e. The summed E-state index contributed by atoms with van der Waals surface area (Å²) in [6.07, 6.45) is 4.74. The summed E-state index contributed by atoms with van der Waals surface area (Å²) in [4.78, 5) is 14.4. The molecule has 1 aliphatic rings. The van der Waals surface area contributed by atoms with Crippen molar-refractivity contribution in [2.45, 2.75) is 18.9 Å². The van der Waals surface area contributed by atoms with Gasteiger partial charge in [-0.25, -0.2) is 9.37 Å². The van der Waals surface area contributed by atoms with E-state index in [9.17, 15) is 4.39 Å². The molecule has 1 atom stereocenters. The van der Waals surface area contributed by atoms with E-state index in [1.54, 1.807) is 6.07 Å². The number of hydrogen-bond acceptors (Lipinski definition) is 3. The molecule has 2 aromatic heterocycles. The first kappa shape index (κ1) is 13.4. The number of nitrogens with zero attached hydrogens (tertiary/aromatic N) is 3. The van der Waals surface area contributed by atoms with Crippen LogP contribution in [-0.2, 0) is 6.54 Å². The van der Waals surface area contributed by atoms with E-state index in [-0.39, 0.29) is 5.82 Å². The van der Waals surface area contributed by atoms with Crippen molar-refractivity contribution >= 4 is 11.0 Å². The minimum Gasteiger partial charge on any atom is -0.342 e. The quantitative estimate of drug-likeness (QED) is 0.808. The molecule has 22 heavy (non-hydrogen) atoms. The van der Waals surface area contributed by atoms with Gasteiger partial charge in [-0.3, -0.25) is 9.88 Å². The SMILES string of the molecule is Fc1ccc2nc([C@H]3CCN(Cc4ccncc4)C3)[nH]c2c1. The fraction of sp³-hybridized carbons (Fsp3) is 0.294. The van der Waals surface area contributed by atoms with Crippen molar-refractivity contribution in [3.63, 3.8) is 0 Å². The van der Waals surface area contributed by atoms with E-state index < -0.39 is 0 Å². The van der Waals surface area contributed by atoms with Crippen LogP contribution < -0.4 is 0 Å². The molecule has 4 rings (SSSR count). The van der Waals surface area contributed by atoms with Crippen LogP contribution in [-0.4, -0.2) is 32.9 Å². The zero-order valence-electron chi connectivity index (χ0n) is 12.2. The Labute approximate surface area is 128 Å². The van der Waals surface area contributed by atoms with Gasteiger partial charge in [0.05, 0.1) is 11.0 Å². The Hall–Kier alpha value is -2.27. The summed E-state index contributed by atoms with van der Waals surface area (Å²) in [7, 11) is 0. The molecule has 0 unspecified atom stereocenters. The lowest BCUT2D eigenvalue weighted by atomic mass is 10.1. The number of hydrogen-bond donors (Lipinski definition) is 1. The highest BCUT2D eigenvalue weighted by molar-refractivity contribution is 5.75. The highest BCUT2D eigenvalue weighted by Gasteiger charge is 2.26. The van der Waals surface area contributed by atoms with E-state index in [4.69, 9.17) is 0 Å². The van der Waals surface area contributed by atoms with E-state index in [1.807, 2.05) is 12.4 Å². The Kier molecular flexibility index (Phi) is 3.35. The predicted molar refractivity (Wildman–Crippen MR) is 82.9 cm³/mol. The number of aromatic amines is 1. The first-order chi connectivity index (χ1) is 10.8. The topological polar surface area (TPSA) is 44.8 Å². The second-order valence-corrected chi connectivity index (χ2v) is 5.86. The van der Waals surface area contributed by atoms with Crippen LogP contribution in [0.3, 0.4) is 0 Å². The van der Waals surface area contributed by atoms with Crippen LogP contribution in [0.2, 0.25) is 0 Å². The number of rotatable bonds is 3. The maximum absolute atomic E-state index is 13.3. The van der Waals surface area contributed by atoms with E-state index in [0.717, 1.165) is 42.9 Å². The molecule has 3 heterocycles. The highest BCUT2D eigenvalue weighted by Crippen LogP contribution is 2.28. The molecule has 0 radical (unpaired) electrons. The highest BCUT2D eigenvalue weighted by atomic mass is 19.1. The molecule has 3 aromatic rings. The molecule has 112 valence electrons. The van der Waals surface area contributed by atoms with Crippen LogP contribution in [0.1, 0.15) is 23.7 Å². The van der Waals surface area contributed by atoms with Crippen molar-refractivity contribution in [2.24, 2.45) is 0 Å². The first-order valence-corrected chi connectivity index (χ1v) is 7.54. The van der Waals surface area contributed by atoms with Gasteiger partial charge in [-0.1, -0.05) is 0 Å². The molecule has 1 aromatic carbocycles. The molecule has 1 aliphatic heterocycles. The largest absolute Gasteiger partial charge is 0.342 e. The van der Waals surface area contributed by atoms with Gasteiger partial charge in [-0.2, -0.15) is 0 Å². The fourth-order valence-electron chi connectivity index (χ4n) is 3.14. The minimum atomic E-state index is -0.228. The Balaban J connectivity index is 1.49. The molecule has 0 saturated carbocycles. The third kappa shape index (κ3) is 2.60. The minimum absolute atomic E-state index is 0.228. The zero-order chi connectivity index (χ0) is 14.9. The summed E-state index contributed by atoms with van der Waals surface area (Å²) in [6, 6.07) is 8.80. The Morgan fingerprint density at radius 1 is 1.23 bits per heavy atom. The molecule has 0 aliphatic carbocycles. The van der Waals surface area contributed by atoms with Crippen molar-refractivity contribution in [3.8, 4) is 0 Å². The van der Waals surface area contributed by atoms with Crippen LogP contribution >= 0.6 is 0 Å². The number of pyridine rings is 1. The Morgan fingerprint density at radius 3 is 2.95 bits per heavy atom. The van der Waals surface area contributed by atoms with Crippen LogP contribution in [0, 0.1) is 5.82 Å². The monoisotopic (exact) mass is 296 g/mol. The fourth-order valence-corrected chi connectivity index (χ4v) is 3.14. The molecule has 1 saturated heterocycles. The molecule has 1 N–H and O–H groups in total. The van der Waals surface area contributed by atoms with E-state index in [1.165, 1.54) is 17.7 Å². The molecule has 0 bridgehead atoms. The third-order valence-corrected chi connectivity index (χ3v) is 4.28. The summed E-state index contributed by atoms with van der Waals surface area (Å²) in [5.41, 5.74) is 2.90. The normalized spacial score (nSPS) is 19.0. The van der Waals surface area contributed by atoms with Gasteiger partial charge >= 0.3 is 0 Å². The standard InChI is InChI=1S/C17H17FN4/c18-14-1-2-15-16(9-14)21-17(20-15)13-5-8-22(11-13)10-12-3-6-19-7-4-12/h1-4,6-7,9,13H,5,8,10-11H2,(H,20,21)/t13-/m0/s1. The van der Waals surface area contributed by atoms with Gasteiger partial charge < -0.3 is 4.98 Å². The van der Waals surface area contributed by atoms with Gasteiger partial charge in [-0.15, -0.1) is 0 Å². The van der Waals surface area contributed by atoms with Gasteiger partial charge in [-0.05, 0) is 48.9 Å². The van der Waals surface area contributed by atoms with Gasteiger partial charge in [0, 0.05) is 31.4 Å². The molecule has 0 spiro atoms. The summed E-state index contributed by atoms with van der Waals surface area (Å²) < 4.78 is 13.3. The number of benzene rings is 1. The lowest BCUT2D eigenvalue weighted by Crippen LogP contribution is -2.19. The number of imidazole rings is 1. The number of fused-ring (bicyclic) bond motifs is 1. The number of nitrogens with one attached hydrogen (secondary N) is 1. The molecular formula is C17H17FN4. The van der Waals surface area contributed by atoms with Crippen molar-refractivity contribution < 1.29 is 4.39 Å². The lowest BCUT2D eigenvalue weighted by Gasteiger charge is -2.15. The molecule has 4 nitrogen and oxygen atoms in total. The predicted octanol–water partition coefficient (Wildman–Crippen LogP) is 3.09. The van der Waals surface area contributed by atoms with E-state index >= 15 is 0 Å². The summed E-state index contributed by atoms with van der Waals surface area (Å²) in [6.45, 7) is 2.97. The Morgan fingerprint density at radius 2 is 2.09 bits per heavy atom.